The van der Waals surface area contributed by atoms with E-state index in [2.05, 4.69) is 4.98 Å². The number of nitrogen functional groups attached to an aromatic ring is 2. The lowest BCUT2D eigenvalue weighted by Gasteiger charge is -2.12. The van der Waals surface area contributed by atoms with Gasteiger partial charge in [-0.3, -0.25) is 10.8 Å². The molecule has 0 bridgehead atoms. The van der Waals surface area contributed by atoms with E-state index in [-0.39, 0.29) is 11.7 Å². The molecule has 2 aromatic carbocycles. The van der Waals surface area contributed by atoms with Gasteiger partial charge < -0.3 is 30.4 Å². The molecule has 0 saturated carbocycles. The van der Waals surface area contributed by atoms with Gasteiger partial charge in [-0.05, 0) is 24.3 Å². The third-order valence-electron chi connectivity index (χ3n) is 4.07. The van der Waals surface area contributed by atoms with Crippen LogP contribution in [0.25, 0.3) is 0 Å². The number of aromatic nitrogens is 1. The van der Waals surface area contributed by atoms with Crippen molar-refractivity contribution in [1.29, 1.82) is 10.8 Å². The zero-order chi connectivity index (χ0) is 21.7. The minimum absolute atomic E-state index is 0.0989. The highest BCUT2D eigenvalue weighted by molar-refractivity contribution is 5.98. The first-order valence-electron chi connectivity index (χ1n) is 8.79. The van der Waals surface area contributed by atoms with Gasteiger partial charge in [-0.25, -0.2) is 0 Å². The third-order valence-corrected chi connectivity index (χ3v) is 4.07. The lowest BCUT2D eigenvalue weighted by Crippen LogP contribution is -2.12. The number of pyridine rings is 1. The second-order valence-corrected chi connectivity index (χ2v) is 6.07. The van der Waals surface area contributed by atoms with Crippen LogP contribution in [-0.2, 0) is 0 Å². The summed E-state index contributed by atoms with van der Waals surface area (Å²) in [6, 6.07) is 14.9. The van der Waals surface area contributed by atoms with E-state index in [0.29, 0.717) is 45.9 Å². The van der Waals surface area contributed by atoms with E-state index in [1.165, 1.54) is 14.2 Å². The minimum Gasteiger partial charge on any atom is -0.496 e. The maximum atomic E-state index is 7.57. The number of hydrogen-bond donors (Lipinski definition) is 4. The summed E-state index contributed by atoms with van der Waals surface area (Å²) in [4.78, 5) is 4.33. The summed E-state index contributed by atoms with van der Waals surface area (Å²) in [7, 11) is 2.98. The van der Waals surface area contributed by atoms with E-state index >= 15 is 0 Å². The van der Waals surface area contributed by atoms with Gasteiger partial charge in [-0.15, -0.1) is 0 Å². The predicted octanol–water partition coefficient (Wildman–Crippen LogP) is 3.25. The third kappa shape index (κ3) is 4.58. The van der Waals surface area contributed by atoms with E-state index < -0.39 is 0 Å². The van der Waals surface area contributed by atoms with Crippen LogP contribution < -0.4 is 30.4 Å². The lowest BCUT2D eigenvalue weighted by atomic mass is 10.2. The number of ether oxygens (including phenoxy) is 4. The highest BCUT2D eigenvalue weighted by Gasteiger charge is 2.11. The molecule has 1 aromatic heterocycles. The molecule has 0 unspecified atom stereocenters. The van der Waals surface area contributed by atoms with E-state index in [9.17, 15) is 0 Å². The molecule has 0 aliphatic rings. The van der Waals surface area contributed by atoms with Crippen LogP contribution in [0.3, 0.4) is 0 Å². The van der Waals surface area contributed by atoms with E-state index in [0.717, 1.165) is 0 Å². The summed E-state index contributed by atoms with van der Waals surface area (Å²) in [5, 5.41) is 15.1. The quantitative estimate of drug-likeness (QED) is 0.331. The zero-order valence-corrected chi connectivity index (χ0v) is 16.4. The fraction of sp³-hybridized carbons (Fsp3) is 0.0952. The van der Waals surface area contributed by atoms with Gasteiger partial charge in [0.05, 0.1) is 25.3 Å². The lowest BCUT2D eigenvalue weighted by molar-refractivity contribution is 0.399. The molecule has 0 fully saturated rings. The van der Waals surface area contributed by atoms with Crippen LogP contribution >= 0.6 is 0 Å². The summed E-state index contributed by atoms with van der Waals surface area (Å²) in [6.07, 6.45) is 0. The number of hydrogen-bond acceptors (Lipinski definition) is 7. The SMILES string of the molecule is COc1cc(Oc2cccc(Oc3ccc(C(=N)N)c(OC)c3)n2)ccc1C(=N)N. The number of benzene rings is 2. The van der Waals surface area contributed by atoms with Crippen LogP contribution in [0, 0.1) is 10.8 Å². The Morgan fingerprint density at radius 1 is 0.733 bits per heavy atom. The molecule has 1 heterocycles. The largest absolute Gasteiger partial charge is 0.496 e. The summed E-state index contributed by atoms with van der Waals surface area (Å²) in [5.41, 5.74) is 12.0. The molecule has 154 valence electrons. The Morgan fingerprint density at radius 3 is 1.53 bits per heavy atom. The van der Waals surface area contributed by atoms with Crippen molar-refractivity contribution in [2.45, 2.75) is 0 Å². The van der Waals surface area contributed by atoms with Crippen molar-refractivity contribution in [2.24, 2.45) is 11.5 Å². The number of nitrogens with one attached hydrogen (secondary N) is 2. The average molecular weight is 407 g/mol. The maximum absolute atomic E-state index is 7.57. The van der Waals surface area contributed by atoms with Crippen LogP contribution in [0.1, 0.15) is 11.1 Å². The molecule has 9 heteroatoms. The Hall–Kier alpha value is -4.27. The smallest absolute Gasteiger partial charge is 0.222 e. The number of rotatable bonds is 8. The van der Waals surface area contributed by atoms with Gasteiger partial charge in [0.25, 0.3) is 0 Å². The molecule has 0 atom stereocenters. The molecule has 0 radical (unpaired) electrons. The van der Waals surface area contributed by atoms with Gasteiger partial charge in [0.15, 0.2) is 0 Å². The Balaban J connectivity index is 1.80. The molecular formula is C21H21N5O4. The van der Waals surface area contributed by atoms with Gasteiger partial charge in [-0.2, -0.15) is 4.98 Å². The Morgan fingerprint density at radius 2 is 1.17 bits per heavy atom. The second-order valence-electron chi connectivity index (χ2n) is 6.07. The van der Waals surface area contributed by atoms with Gasteiger partial charge in [-0.1, -0.05) is 6.07 Å². The van der Waals surface area contributed by atoms with Gasteiger partial charge in [0.2, 0.25) is 11.8 Å². The molecule has 9 nitrogen and oxygen atoms in total. The fourth-order valence-electron chi connectivity index (χ4n) is 2.67. The Labute approximate surface area is 173 Å². The summed E-state index contributed by atoms with van der Waals surface area (Å²) in [5.74, 6) is 2.18. The zero-order valence-electron chi connectivity index (χ0n) is 16.4. The summed E-state index contributed by atoms with van der Waals surface area (Å²) >= 11 is 0. The van der Waals surface area contributed by atoms with Crippen LogP contribution in [0.2, 0.25) is 0 Å². The number of nitrogens with two attached hydrogens (primary N) is 2. The summed E-state index contributed by atoms with van der Waals surface area (Å²) in [6.45, 7) is 0. The molecular weight excluding hydrogens is 386 g/mol. The van der Waals surface area contributed by atoms with Crippen LogP contribution in [0.4, 0.5) is 0 Å². The monoisotopic (exact) mass is 407 g/mol. The normalized spacial score (nSPS) is 10.2. The number of nitrogens with zero attached hydrogens (tertiary/aromatic N) is 1. The highest BCUT2D eigenvalue weighted by Crippen LogP contribution is 2.30. The predicted molar refractivity (Wildman–Crippen MR) is 112 cm³/mol. The van der Waals surface area contributed by atoms with Crippen molar-refractivity contribution in [3.05, 3.63) is 65.7 Å². The molecule has 0 spiro atoms. The van der Waals surface area contributed by atoms with Crippen molar-refractivity contribution >= 4 is 11.7 Å². The van der Waals surface area contributed by atoms with Crippen molar-refractivity contribution in [3.8, 4) is 34.8 Å². The van der Waals surface area contributed by atoms with Gasteiger partial charge in [0.1, 0.15) is 34.7 Å². The van der Waals surface area contributed by atoms with E-state index in [4.69, 9.17) is 41.2 Å². The van der Waals surface area contributed by atoms with Crippen LogP contribution in [-0.4, -0.2) is 30.9 Å². The second kappa shape index (κ2) is 8.82. The molecule has 30 heavy (non-hydrogen) atoms. The van der Waals surface area contributed by atoms with E-state index in [1.54, 1.807) is 54.6 Å². The first-order valence-corrected chi connectivity index (χ1v) is 8.79. The molecule has 0 amide bonds. The molecule has 3 aromatic rings. The topological polar surface area (TPSA) is 150 Å². The first kappa shape index (κ1) is 20.5. The number of amidine groups is 2. The van der Waals surface area contributed by atoms with Gasteiger partial charge >= 0.3 is 0 Å². The first-order chi connectivity index (χ1) is 14.4. The number of methoxy groups -OCH3 is 2. The van der Waals surface area contributed by atoms with Crippen molar-refractivity contribution in [3.63, 3.8) is 0 Å². The van der Waals surface area contributed by atoms with Crippen molar-refractivity contribution in [1.82, 2.24) is 4.98 Å². The fourth-order valence-corrected chi connectivity index (χ4v) is 2.67. The molecule has 0 saturated heterocycles. The van der Waals surface area contributed by atoms with Gasteiger partial charge in [0, 0.05) is 24.3 Å². The van der Waals surface area contributed by atoms with Crippen LogP contribution in [0.15, 0.2) is 54.6 Å². The Kier molecular flexibility index (Phi) is 6.02. The van der Waals surface area contributed by atoms with Crippen molar-refractivity contribution < 1.29 is 18.9 Å². The standard InChI is InChI=1S/C21H21N5O4/c1-27-16-10-12(6-8-14(16)20(22)23)29-18-4-3-5-19(26-18)30-13-7-9-15(21(24)25)17(11-13)28-2/h3-11H,1-2H3,(H3,22,23)(H3,24,25). The molecule has 3 rings (SSSR count). The summed E-state index contributed by atoms with van der Waals surface area (Å²) < 4.78 is 22.1. The van der Waals surface area contributed by atoms with Crippen LogP contribution in [0.5, 0.6) is 34.8 Å². The molecule has 6 N–H and O–H groups in total. The Bertz CT molecular complexity index is 1020. The highest BCUT2D eigenvalue weighted by atomic mass is 16.5. The molecule has 0 aliphatic carbocycles. The van der Waals surface area contributed by atoms with E-state index in [1.807, 2.05) is 0 Å². The minimum atomic E-state index is -0.0989. The molecule has 0 aliphatic heterocycles. The average Bonchev–Trinajstić information content (AvgIpc) is 2.73. The maximum Gasteiger partial charge on any atom is 0.222 e. The van der Waals surface area contributed by atoms with Crippen molar-refractivity contribution in [2.75, 3.05) is 14.2 Å².